The topological polar surface area (TPSA) is 98.2 Å². The zero-order valence-corrected chi connectivity index (χ0v) is 18.4. The summed E-state index contributed by atoms with van der Waals surface area (Å²) in [7, 11) is 0. The minimum atomic E-state index is -0.0555. The maximum Gasteiger partial charge on any atom is 0.194 e. The molecule has 166 valence electrons. The first-order valence-electron chi connectivity index (χ1n) is 10.2. The highest BCUT2D eigenvalue weighted by atomic mass is 35.5. The van der Waals surface area contributed by atoms with Gasteiger partial charge in [-0.15, -0.1) is 0 Å². The summed E-state index contributed by atoms with van der Waals surface area (Å²) >= 11 is 6.45. The first-order valence-corrected chi connectivity index (χ1v) is 10.6. The third kappa shape index (κ3) is 3.96. The van der Waals surface area contributed by atoms with Crippen LogP contribution in [0.25, 0.3) is 16.6 Å². The highest BCUT2D eigenvalue weighted by Gasteiger charge is 2.15. The molecule has 1 aromatic carbocycles. The van der Waals surface area contributed by atoms with E-state index < -0.39 is 0 Å². The number of aromatic nitrogens is 5. The minimum absolute atomic E-state index is 0.0555. The van der Waals surface area contributed by atoms with Crippen LogP contribution >= 0.6 is 11.6 Å². The molecule has 0 atom stereocenters. The van der Waals surface area contributed by atoms with E-state index in [1.165, 1.54) is 16.7 Å². The smallest absolute Gasteiger partial charge is 0.194 e. The van der Waals surface area contributed by atoms with Crippen LogP contribution in [0, 0.1) is 6.92 Å². The van der Waals surface area contributed by atoms with Crippen LogP contribution in [0.3, 0.4) is 0 Å². The number of halogens is 1. The van der Waals surface area contributed by atoms with Crippen molar-refractivity contribution in [3.05, 3.63) is 89.4 Å². The summed E-state index contributed by atoms with van der Waals surface area (Å²) in [6.45, 7) is 2.29. The molecule has 4 aromatic heterocycles. The van der Waals surface area contributed by atoms with E-state index in [1.807, 2.05) is 42.0 Å². The lowest BCUT2D eigenvalue weighted by Crippen LogP contribution is -2.07. The molecule has 0 aliphatic rings. The van der Waals surface area contributed by atoms with Crippen molar-refractivity contribution >= 4 is 22.5 Å². The van der Waals surface area contributed by atoms with E-state index >= 15 is 0 Å². The van der Waals surface area contributed by atoms with Gasteiger partial charge in [0.05, 0.1) is 23.6 Å². The summed E-state index contributed by atoms with van der Waals surface area (Å²) in [6.07, 6.45) is 8.55. The van der Waals surface area contributed by atoms with Gasteiger partial charge in [0.2, 0.25) is 0 Å². The second-order valence-corrected chi connectivity index (χ2v) is 8.00. The fourth-order valence-corrected chi connectivity index (χ4v) is 4.02. The van der Waals surface area contributed by atoms with Crippen molar-refractivity contribution in [3.63, 3.8) is 0 Å². The summed E-state index contributed by atoms with van der Waals surface area (Å²) in [5.41, 5.74) is 3.96. The van der Waals surface area contributed by atoms with Gasteiger partial charge >= 0.3 is 0 Å². The zero-order chi connectivity index (χ0) is 22.9. The van der Waals surface area contributed by atoms with Gasteiger partial charge in [0.15, 0.2) is 11.8 Å². The molecular weight excluding hydrogens is 442 g/mol. The number of nitrogens with zero attached hydrogens (tertiary/aromatic N) is 5. The Morgan fingerprint density at radius 1 is 1.06 bits per heavy atom. The molecule has 0 aliphatic carbocycles. The molecule has 0 radical (unpaired) electrons. The normalized spacial score (nSPS) is 11.2. The van der Waals surface area contributed by atoms with Crippen LogP contribution in [0.1, 0.15) is 16.8 Å². The summed E-state index contributed by atoms with van der Waals surface area (Å²) in [5.74, 6) is 0.503. The first-order chi connectivity index (χ1) is 16.0. The number of benzene rings is 1. The van der Waals surface area contributed by atoms with Crippen molar-refractivity contribution in [1.29, 1.82) is 0 Å². The van der Waals surface area contributed by atoms with Crippen LogP contribution in [0.5, 0.6) is 17.5 Å². The quantitative estimate of drug-likeness (QED) is 0.383. The predicted octanol–water partition coefficient (Wildman–Crippen LogP) is 4.62. The Morgan fingerprint density at radius 3 is 2.64 bits per heavy atom. The third-order valence-corrected chi connectivity index (χ3v) is 5.75. The number of aryl methyl sites for hydroxylation is 1. The van der Waals surface area contributed by atoms with Crippen LogP contribution < -0.4 is 4.74 Å². The van der Waals surface area contributed by atoms with Crippen LogP contribution in [-0.4, -0.2) is 34.3 Å². The fourth-order valence-electron chi connectivity index (χ4n) is 3.79. The molecule has 5 rings (SSSR count). The Balaban J connectivity index is 1.50. The lowest BCUT2D eigenvalue weighted by Gasteiger charge is -2.16. The SMILES string of the molecule is Cc1cc(-n2ccnc2)c2cccc(OCc3c(Cl)cncc3Cn3c(O)ccc3O)c2n1. The molecule has 2 N–H and O–H groups in total. The molecule has 0 bridgehead atoms. The monoisotopic (exact) mass is 461 g/mol. The summed E-state index contributed by atoms with van der Waals surface area (Å²) in [4.78, 5) is 13.0. The summed E-state index contributed by atoms with van der Waals surface area (Å²) < 4.78 is 9.50. The van der Waals surface area contributed by atoms with E-state index in [4.69, 9.17) is 21.3 Å². The van der Waals surface area contributed by atoms with E-state index in [-0.39, 0.29) is 24.9 Å². The Kier molecular flexibility index (Phi) is 5.35. The predicted molar refractivity (Wildman–Crippen MR) is 124 cm³/mol. The Morgan fingerprint density at radius 2 is 1.88 bits per heavy atom. The molecule has 33 heavy (non-hydrogen) atoms. The van der Waals surface area contributed by atoms with Crippen molar-refractivity contribution < 1.29 is 14.9 Å². The van der Waals surface area contributed by atoms with Gasteiger partial charge < -0.3 is 19.5 Å². The number of hydrogen-bond donors (Lipinski definition) is 2. The highest BCUT2D eigenvalue weighted by molar-refractivity contribution is 6.31. The van der Waals surface area contributed by atoms with Gasteiger partial charge in [-0.3, -0.25) is 9.55 Å². The van der Waals surface area contributed by atoms with Crippen molar-refractivity contribution in [2.45, 2.75) is 20.1 Å². The third-order valence-electron chi connectivity index (χ3n) is 5.42. The van der Waals surface area contributed by atoms with Gasteiger partial charge in [0, 0.05) is 53.6 Å². The number of rotatable bonds is 6. The van der Waals surface area contributed by atoms with Gasteiger partial charge in [-0.05, 0) is 24.6 Å². The highest BCUT2D eigenvalue weighted by Crippen LogP contribution is 2.31. The van der Waals surface area contributed by atoms with Crippen LogP contribution in [0.2, 0.25) is 5.02 Å². The lowest BCUT2D eigenvalue weighted by molar-refractivity contribution is 0.307. The zero-order valence-electron chi connectivity index (χ0n) is 17.7. The van der Waals surface area contributed by atoms with Gasteiger partial charge in [0.1, 0.15) is 17.9 Å². The standard InChI is InChI=1S/C24H20ClN5O3/c1-15-9-20(29-8-7-26-14-29)17-3-2-4-21(24(17)28-15)33-13-18-16(10-27-11-19(18)25)12-30-22(31)5-6-23(30)32/h2-11,14,31-32H,12-13H2,1H3. The molecule has 0 saturated heterocycles. The largest absolute Gasteiger partial charge is 0.494 e. The van der Waals surface area contributed by atoms with Crippen LogP contribution in [0.15, 0.2) is 67.5 Å². The van der Waals surface area contributed by atoms with Crippen molar-refractivity contribution in [3.8, 4) is 23.2 Å². The number of para-hydroxylation sites is 1. The Hall–Kier alpha value is -4.04. The molecule has 0 saturated carbocycles. The van der Waals surface area contributed by atoms with Gasteiger partial charge in [-0.25, -0.2) is 9.97 Å². The number of aromatic hydroxyl groups is 2. The second-order valence-electron chi connectivity index (χ2n) is 7.59. The van der Waals surface area contributed by atoms with Gasteiger partial charge in [-0.1, -0.05) is 23.7 Å². The average Bonchev–Trinajstić information content (AvgIpc) is 3.44. The van der Waals surface area contributed by atoms with E-state index in [9.17, 15) is 10.2 Å². The maximum atomic E-state index is 10.0. The molecule has 0 aliphatic heterocycles. The Labute approximate surface area is 194 Å². The molecule has 4 heterocycles. The molecule has 8 nitrogen and oxygen atoms in total. The van der Waals surface area contributed by atoms with E-state index in [0.29, 0.717) is 21.9 Å². The number of pyridine rings is 2. The van der Waals surface area contributed by atoms with Gasteiger partial charge in [0.25, 0.3) is 0 Å². The minimum Gasteiger partial charge on any atom is -0.494 e. The first kappa shape index (κ1) is 20.8. The van der Waals surface area contributed by atoms with Gasteiger partial charge in [-0.2, -0.15) is 0 Å². The Bertz CT molecular complexity index is 1430. The summed E-state index contributed by atoms with van der Waals surface area (Å²) in [5, 5.41) is 21.4. The van der Waals surface area contributed by atoms with Crippen molar-refractivity contribution in [2.24, 2.45) is 0 Å². The van der Waals surface area contributed by atoms with E-state index in [1.54, 1.807) is 24.9 Å². The molecular formula is C24H20ClN5O3. The number of fused-ring (bicyclic) bond motifs is 1. The van der Waals surface area contributed by atoms with E-state index in [0.717, 1.165) is 22.3 Å². The number of ether oxygens (including phenoxy) is 1. The van der Waals surface area contributed by atoms with Crippen molar-refractivity contribution in [2.75, 3.05) is 0 Å². The van der Waals surface area contributed by atoms with E-state index in [2.05, 4.69) is 9.97 Å². The maximum absolute atomic E-state index is 10.0. The number of hydrogen-bond acceptors (Lipinski definition) is 6. The molecule has 0 unspecified atom stereocenters. The molecule has 0 spiro atoms. The summed E-state index contributed by atoms with van der Waals surface area (Å²) in [6, 6.07) is 10.6. The van der Waals surface area contributed by atoms with Crippen LogP contribution in [-0.2, 0) is 13.2 Å². The average molecular weight is 462 g/mol. The lowest BCUT2D eigenvalue weighted by atomic mass is 10.1. The second kappa shape index (κ2) is 8.48. The van der Waals surface area contributed by atoms with Crippen molar-refractivity contribution in [1.82, 2.24) is 24.1 Å². The molecule has 5 aromatic rings. The molecule has 9 heteroatoms. The van der Waals surface area contributed by atoms with Crippen LogP contribution in [0.4, 0.5) is 0 Å². The molecule has 0 amide bonds. The fraction of sp³-hybridized carbons (Fsp3) is 0.125. The number of imidazole rings is 1. The molecule has 0 fully saturated rings.